The maximum Gasteiger partial charge on any atom is 0.230 e. The number of aryl methyl sites for hydroxylation is 1. The Kier molecular flexibility index (Phi) is 5.45. The Morgan fingerprint density at radius 3 is 2.58 bits per heavy atom. The first-order valence-electron chi connectivity index (χ1n) is 10.4. The van der Waals surface area contributed by atoms with E-state index in [0.29, 0.717) is 48.9 Å². The lowest BCUT2D eigenvalue weighted by atomic mass is 10.0. The SMILES string of the molecule is Fc1cc(F)c2c(c1)CCCN2Cn1nc(N2CCOCC2)n(-c2ccccc2)c1=S. The summed E-state index contributed by atoms with van der Waals surface area (Å²) in [5.41, 5.74) is 2.05. The van der Waals surface area contributed by atoms with Crippen molar-refractivity contribution in [3.05, 3.63) is 64.4 Å². The number of ether oxygens (including phenoxy) is 1. The molecule has 1 saturated heterocycles. The predicted octanol–water partition coefficient (Wildman–Crippen LogP) is 3.93. The number of nitrogens with zero attached hydrogens (tertiary/aromatic N) is 5. The molecule has 31 heavy (non-hydrogen) atoms. The molecular formula is C22H23F2N5OS. The van der Waals surface area contributed by atoms with Crippen LogP contribution in [0.3, 0.4) is 0 Å². The van der Waals surface area contributed by atoms with Gasteiger partial charge in [0, 0.05) is 25.7 Å². The van der Waals surface area contributed by atoms with Crippen LogP contribution in [0.2, 0.25) is 0 Å². The van der Waals surface area contributed by atoms with E-state index in [4.69, 9.17) is 22.1 Å². The number of fused-ring (bicyclic) bond motifs is 1. The van der Waals surface area contributed by atoms with Gasteiger partial charge in [-0.3, -0.25) is 4.57 Å². The van der Waals surface area contributed by atoms with E-state index in [2.05, 4.69) is 4.90 Å². The summed E-state index contributed by atoms with van der Waals surface area (Å²) in [4.78, 5) is 4.05. The Morgan fingerprint density at radius 2 is 1.81 bits per heavy atom. The highest BCUT2D eigenvalue weighted by atomic mass is 32.1. The fourth-order valence-electron chi connectivity index (χ4n) is 4.30. The molecule has 1 fully saturated rings. The van der Waals surface area contributed by atoms with Crippen molar-refractivity contribution in [3.63, 3.8) is 0 Å². The average molecular weight is 444 g/mol. The molecule has 6 nitrogen and oxygen atoms in total. The minimum Gasteiger partial charge on any atom is -0.378 e. The van der Waals surface area contributed by atoms with Crippen LogP contribution in [0.15, 0.2) is 42.5 Å². The van der Waals surface area contributed by atoms with E-state index >= 15 is 0 Å². The van der Waals surface area contributed by atoms with Gasteiger partial charge in [0.1, 0.15) is 18.3 Å². The molecule has 2 aliphatic rings. The van der Waals surface area contributed by atoms with Gasteiger partial charge in [-0.2, -0.15) is 0 Å². The van der Waals surface area contributed by atoms with Crippen LogP contribution in [0.25, 0.3) is 5.69 Å². The number of anilines is 2. The standard InChI is InChI=1S/C22H23F2N5OS/c23-17-13-16-5-4-8-27(20(16)19(24)14-17)15-28-22(31)29(18-6-2-1-3-7-18)21(25-28)26-9-11-30-12-10-26/h1-3,6-7,13-14H,4-5,8-12,15H2. The molecule has 162 valence electrons. The van der Waals surface area contributed by atoms with E-state index in [0.717, 1.165) is 37.2 Å². The van der Waals surface area contributed by atoms with Gasteiger partial charge >= 0.3 is 0 Å². The Hall–Kier alpha value is -2.78. The molecule has 3 heterocycles. The molecule has 0 amide bonds. The number of para-hydroxylation sites is 1. The summed E-state index contributed by atoms with van der Waals surface area (Å²) in [5.74, 6) is -0.342. The number of rotatable bonds is 4. The molecule has 2 aliphatic heterocycles. The lowest BCUT2D eigenvalue weighted by molar-refractivity contribution is 0.122. The summed E-state index contributed by atoms with van der Waals surface area (Å²) in [5, 5.41) is 4.83. The second-order valence-electron chi connectivity index (χ2n) is 7.76. The maximum atomic E-state index is 14.7. The first kappa shape index (κ1) is 20.1. The highest BCUT2D eigenvalue weighted by molar-refractivity contribution is 7.71. The van der Waals surface area contributed by atoms with Crippen LogP contribution in [0.4, 0.5) is 20.4 Å². The first-order valence-corrected chi connectivity index (χ1v) is 10.8. The Morgan fingerprint density at radius 1 is 1.03 bits per heavy atom. The summed E-state index contributed by atoms with van der Waals surface area (Å²) >= 11 is 5.81. The van der Waals surface area contributed by atoms with E-state index in [-0.39, 0.29) is 0 Å². The molecule has 0 atom stereocenters. The molecule has 0 N–H and O–H groups in total. The highest BCUT2D eigenvalue weighted by Gasteiger charge is 2.25. The van der Waals surface area contributed by atoms with Gasteiger partial charge < -0.3 is 14.5 Å². The van der Waals surface area contributed by atoms with Crippen molar-refractivity contribution in [2.75, 3.05) is 42.6 Å². The quantitative estimate of drug-likeness (QED) is 0.572. The van der Waals surface area contributed by atoms with Gasteiger partial charge in [0.15, 0.2) is 0 Å². The van der Waals surface area contributed by atoms with Crippen molar-refractivity contribution >= 4 is 23.9 Å². The van der Waals surface area contributed by atoms with Crippen molar-refractivity contribution in [3.8, 4) is 5.69 Å². The van der Waals surface area contributed by atoms with Gasteiger partial charge in [0.05, 0.1) is 24.6 Å². The van der Waals surface area contributed by atoms with Crippen molar-refractivity contribution in [1.82, 2.24) is 14.3 Å². The van der Waals surface area contributed by atoms with Gasteiger partial charge in [-0.05, 0) is 48.8 Å². The van der Waals surface area contributed by atoms with Crippen molar-refractivity contribution in [2.24, 2.45) is 0 Å². The molecule has 0 aliphatic carbocycles. The third-order valence-corrected chi connectivity index (χ3v) is 6.13. The minimum absolute atomic E-state index is 0.297. The summed E-state index contributed by atoms with van der Waals surface area (Å²) in [7, 11) is 0. The maximum absolute atomic E-state index is 14.7. The van der Waals surface area contributed by atoms with Crippen LogP contribution in [0.5, 0.6) is 0 Å². The van der Waals surface area contributed by atoms with Crippen molar-refractivity contribution < 1.29 is 13.5 Å². The molecule has 2 aromatic carbocycles. The summed E-state index contributed by atoms with van der Waals surface area (Å²) in [6.07, 6.45) is 1.47. The Bertz CT molecular complexity index is 1140. The molecule has 0 saturated carbocycles. The molecule has 9 heteroatoms. The zero-order valence-corrected chi connectivity index (χ0v) is 17.8. The second kappa shape index (κ2) is 8.39. The molecule has 0 unspecified atom stereocenters. The fourth-order valence-corrected chi connectivity index (χ4v) is 4.58. The van der Waals surface area contributed by atoms with Gasteiger partial charge in [-0.1, -0.05) is 18.2 Å². The van der Waals surface area contributed by atoms with E-state index in [1.807, 2.05) is 39.8 Å². The normalized spacial score (nSPS) is 16.5. The largest absolute Gasteiger partial charge is 0.378 e. The lowest BCUT2D eigenvalue weighted by Crippen LogP contribution is -2.38. The van der Waals surface area contributed by atoms with Gasteiger partial charge in [0.2, 0.25) is 10.7 Å². The number of benzene rings is 2. The monoisotopic (exact) mass is 443 g/mol. The van der Waals surface area contributed by atoms with Crippen molar-refractivity contribution in [1.29, 1.82) is 0 Å². The molecule has 3 aromatic rings. The predicted molar refractivity (Wildman–Crippen MR) is 117 cm³/mol. The second-order valence-corrected chi connectivity index (χ2v) is 8.12. The molecule has 1 aromatic heterocycles. The van der Waals surface area contributed by atoms with Gasteiger partial charge in [-0.25, -0.2) is 13.5 Å². The van der Waals surface area contributed by atoms with E-state index < -0.39 is 11.6 Å². The number of hydrogen-bond acceptors (Lipinski definition) is 5. The lowest BCUT2D eigenvalue weighted by Gasteiger charge is -2.31. The van der Waals surface area contributed by atoms with Crippen LogP contribution in [0.1, 0.15) is 12.0 Å². The summed E-state index contributed by atoms with van der Waals surface area (Å²) in [6, 6.07) is 12.2. The van der Waals surface area contributed by atoms with E-state index in [9.17, 15) is 8.78 Å². The number of morpholine rings is 1. The topological polar surface area (TPSA) is 38.5 Å². The van der Waals surface area contributed by atoms with Crippen LogP contribution < -0.4 is 9.80 Å². The van der Waals surface area contributed by atoms with Crippen LogP contribution >= 0.6 is 12.2 Å². The van der Waals surface area contributed by atoms with Gasteiger partial charge in [0.25, 0.3) is 0 Å². The van der Waals surface area contributed by atoms with Crippen LogP contribution in [-0.2, 0) is 17.8 Å². The fraction of sp³-hybridized carbons (Fsp3) is 0.364. The molecule has 5 rings (SSSR count). The Balaban J connectivity index is 1.56. The minimum atomic E-state index is -0.544. The number of halogens is 2. The van der Waals surface area contributed by atoms with Crippen molar-refractivity contribution in [2.45, 2.75) is 19.5 Å². The highest BCUT2D eigenvalue weighted by Crippen LogP contribution is 2.32. The summed E-state index contributed by atoms with van der Waals surface area (Å²) in [6.45, 7) is 3.65. The Labute approximate surface area is 184 Å². The third kappa shape index (κ3) is 3.83. The van der Waals surface area contributed by atoms with Crippen LogP contribution in [0, 0.1) is 16.4 Å². The zero-order chi connectivity index (χ0) is 21.4. The first-order chi connectivity index (χ1) is 15.1. The summed E-state index contributed by atoms with van der Waals surface area (Å²) < 4.78 is 38.1. The number of hydrogen-bond donors (Lipinski definition) is 0. The smallest absolute Gasteiger partial charge is 0.230 e. The van der Waals surface area contributed by atoms with Gasteiger partial charge in [-0.15, -0.1) is 5.10 Å². The van der Waals surface area contributed by atoms with Crippen LogP contribution in [-0.4, -0.2) is 47.2 Å². The average Bonchev–Trinajstić information content (AvgIpc) is 3.10. The van der Waals surface area contributed by atoms with E-state index in [1.165, 1.54) is 6.07 Å². The molecule has 0 radical (unpaired) electrons. The molecule has 0 bridgehead atoms. The number of aromatic nitrogens is 3. The third-order valence-electron chi connectivity index (χ3n) is 5.73. The molecule has 0 spiro atoms. The zero-order valence-electron chi connectivity index (χ0n) is 17.0. The molecular weight excluding hydrogens is 420 g/mol. The van der Waals surface area contributed by atoms with E-state index in [1.54, 1.807) is 4.68 Å².